The van der Waals surface area contributed by atoms with Crippen molar-refractivity contribution in [3.8, 4) is 0 Å². The Hall–Kier alpha value is -1.49. The van der Waals surface area contributed by atoms with Crippen LogP contribution < -0.4 is 11.1 Å². The first-order valence-electron chi connectivity index (χ1n) is 5.47. The second-order valence-electron chi connectivity index (χ2n) is 3.97. The minimum absolute atomic E-state index is 0.176. The molecule has 3 N–H and O–H groups in total. The Bertz CT molecular complexity index is 421. The molecule has 5 heteroatoms. The zero-order valence-electron chi connectivity index (χ0n) is 9.89. The van der Waals surface area contributed by atoms with Gasteiger partial charge in [-0.25, -0.2) is 8.78 Å². The fraction of sp³-hybridized carbons (Fsp3) is 0.417. The predicted octanol–water partition coefficient (Wildman–Crippen LogP) is 2.34. The van der Waals surface area contributed by atoms with Gasteiger partial charge in [-0.2, -0.15) is 0 Å². The molecule has 3 nitrogen and oxygen atoms in total. The molecule has 1 aromatic rings. The Balaban J connectivity index is 2.81. The maximum absolute atomic E-state index is 13.4. The van der Waals surface area contributed by atoms with Crippen LogP contribution >= 0.6 is 0 Å². The Morgan fingerprint density at radius 1 is 1.41 bits per heavy atom. The van der Waals surface area contributed by atoms with Gasteiger partial charge in [0, 0.05) is 6.07 Å². The van der Waals surface area contributed by atoms with Crippen molar-refractivity contribution in [3.05, 3.63) is 29.3 Å². The molecule has 0 aliphatic heterocycles. The van der Waals surface area contributed by atoms with E-state index in [0.717, 1.165) is 18.6 Å². The number of anilines is 1. The minimum atomic E-state index is -0.705. The molecule has 1 aromatic carbocycles. The molecular formula is C12H16F2N2O. The van der Waals surface area contributed by atoms with Crippen LogP contribution in [0.1, 0.15) is 25.3 Å². The summed E-state index contributed by atoms with van der Waals surface area (Å²) in [5, 5.41) is 2.28. The van der Waals surface area contributed by atoms with Gasteiger partial charge in [0.05, 0.1) is 11.7 Å². The van der Waals surface area contributed by atoms with E-state index >= 15 is 0 Å². The fourth-order valence-electron chi connectivity index (χ4n) is 1.41. The van der Waals surface area contributed by atoms with Crippen molar-refractivity contribution in [2.75, 3.05) is 5.32 Å². The molecule has 0 saturated carbocycles. The third-order valence-corrected chi connectivity index (χ3v) is 2.44. The summed E-state index contributed by atoms with van der Waals surface area (Å²) in [6.07, 6.45) is 1.25. The van der Waals surface area contributed by atoms with Crippen LogP contribution in [-0.4, -0.2) is 11.9 Å². The van der Waals surface area contributed by atoms with Crippen LogP contribution in [0.5, 0.6) is 0 Å². The molecule has 0 aliphatic rings. The van der Waals surface area contributed by atoms with Gasteiger partial charge in [-0.3, -0.25) is 4.79 Å². The second kappa shape index (κ2) is 5.72. The number of amides is 1. The van der Waals surface area contributed by atoms with Gasteiger partial charge in [-0.1, -0.05) is 13.3 Å². The zero-order valence-corrected chi connectivity index (χ0v) is 9.89. The van der Waals surface area contributed by atoms with Crippen LogP contribution in [0.25, 0.3) is 0 Å². The molecule has 94 valence electrons. The van der Waals surface area contributed by atoms with Crippen LogP contribution in [0.15, 0.2) is 12.1 Å². The molecule has 1 unspecified atom stereocenters. The Kier molecular flexibility index (Phi) is 4.57. The third-order valence-electron chi connectivity index (χ3n) is 2.44. The quantitative estimate of drug-likeness (QED) is 0.851. The number of nitrogens with two attached hydrogens (primary N) is 1. The van der Waals surface area contributed by atoms with Crippen LogP contribution in [0, 0.1) is 18.6 Å². The van der Waals surface area contributed by atoms with Gasteiger partial charge >= 0.3 is 0 Å². The SMILES string of the molecule is CCCC(N)C(=O)Nc1cc(F)c(C)cc1F. The highest BCUT2D eigenvalue weighted by atomic mass is 19.1. The van der Waals surface area contributed by atoms with Gasteiger partial charge in [0.15, 0.2) is 0 Å². The summed E-state index contributed by atoms with van der Waals surface area (Å²) < 4.78 is 26.6. The van der Waals surface area contributed by atoms with E-state index in [1.54, 1.807) is 0 Å². The van der Waals surface area contributed by atoms with Gasteiger partial charge in [0.2, 0.25) is 5.91 Å². The van der Waals surface area contributed by atoms with Crippen molar-refractivity contribution in [1.82, 2.24) is 0 Å². The lowest BCUT2D eigenvalue weighted by atomic mass is 10.1. The van der Waals surface area contributed by atoms with Crippen molar-refractivity contribution in [3.63, 3.8) is 0 Å². The molecule has 17 heavy (non-hydrogen) atoms. The number of halogens is 2. The first-order valence-corrected chi connectivity index (χ1v) is 5.47. The summed E-state index contributed by atoms with van der Waals surface area (Å²) in [4.78, 5) is 11.5. The molecule has 0 bridgehead atoms. The number of hydrogen-bond acceptors (Lipinski definition) is 2. The Morgan fingerprint density at radius 2 is 2.06 bits per heavy atom. The topological polar surface area (TPSA) is 55.1 Å². The first-order chi connectivity index (χ1) is 7.95. The van der Waals surface area contributed by atoms with E-state index in [1.807, 2.05) is 6.92 Å². The minimum Gasteiger partial charge on any atom is -0.322 e. The zero-order chi connectivity index (χ0) is 13.0. The highest BCUT2D eigenvalue weighted by molar-refractivity contribution is 5.94. The molecule has 0 spiro atoms. The number of benzene rings is 1. The molecule has 0 saturated heterocycles. The van der Waals surface area contributed by atoms with Crippen LogP contribution in [0.2, 0.25) is 0 Å². The molecule has 0 fully saturated rings. The molecule has 1 rings (SSSR count). The van der Waals surface area contributed by atoms with Crippen molar-refractivity contribution < 1.29 is 13.6 Å². The summed E-state index contributed by atoms with van der Waals surface area (Å²) in [5.74, 6) is -1.74. The molecule has 0 aromatic heterocycles. The van der Waals surface area contributed by atoms with Crippen LogP contribution in [-0.2, 0) is 4.79 Å². The number of rotatable bonds is 4. The standard InChI is InChI=1S/C12H16F2N2O/c1-3-4-10(15)12(17)16-11-6-8(13)7(2)5-9(11)14/h5-6,10H,3-4,15H2,1-2H3,(H,16,17). The monoisotopic (exact) mass is 242 g/mol. The average molecular weight is 242 g/mol. The highest BCUT2D eigenvalue weighted by Gasteiger charge is 2.15. The number of carbonyl (C=O) groups excluding carboxylic acids is 1. The third kappa shape index (κ3) is 3.49. The molecule has 0 heterocycles. The lowest BCUT2D eigenvalue weighted by Crippen LogP contribution is -2.35. The first kappa shape index (κ1) is 13.6. The number of carbonyl (C=O) groups is 1. The van der Waals surface area contributed by atoms with E-state index in [9.17, 15) is 13.6 Å². The molecule has 1 amide bonds. The number of aryl methyl sites for hydroxylation is 1. The second-order valence-corrected chi connectivity index (χ2v) is 3.97. The van der Waals surface area contributed by atoms with Crippen molar-refractivity contribution in [2.24, 2.45) is 5.73 Å². The number of nitrogens with one attached hydrogen (secondary N) is 1. The summed E-state index contributed by atoms with van der Waals surface area (Å²) >= 11 is 0. The van der Waals surface area contributed by atoms with E-state index in [4.69, 9.17) is 5.73 Å². The highest BCUT2D eigenvalue weighted by Crippen LogP contribution is 2.19. The summed E-state index contributed by atoms with van der Waals surface area (Å²) in [6.45, 7) is 3.34. The smallest absolute Gasteiger partial charge is 0.241 e. The predicted molar refractivity (Wildman–Crippen MR) is 62.6 cm³/mol. The molecule has 0 aliphatic carbocycles. The average Bonchev–Trinajstić information content (AvgIpc) is 2.26. The van der Waals surface area contributed by atoms with Crippen LogP contribution in [0.3, 0.4) is 0 Å². The van der Waals surface area contributed by atoms with Gasteiger partial charge in [-0.05, 0) is 25.0 Å². The van der Waals surface area contributed by atoms with Gasteiger partial charge in [-0.15, -0.1) is 0 Å². The summed E-state index contributed by atoms with van der Waals surface area (Å²) in [5.41, 5.74) is 5.58. The van der Waals surface area contributed by atoms with Crippen molar-refractivity contribution in [2.45, 2.75) is 32.7 Å². The normalized spacial score (nSPS) is 12.3. The van der Waals surface area contributed by atoms with E-state index in [-0.39, 0.29) is 11.3 Å². The van der Waals surface area contributed by atoms with E-state index in [2.05, 4.69) is 5.32 Å². The number of hydrogen-bond donors (Lipinski definition) is 2. The lowest BCUT2D eigenvalue weighted by molar-refractivity contribution is -0.117. The Morgan fingerprint density at radius 3 is 2.65 bits per heavy atom. The van der Waals surface area contributed by atoms with Crippen molar-refractivity contribution >= 4 is 11.6 Å². The summed E-state index contributed by atoms with van der Waals surface area (Å²) in [6, 6.07) is 1.29. The van der Waals surface area contributed by atoms with Gasteiger partial charge in [0.25, 0.3) is 0 Å². The van der Waals surface area contributed by atoms with E-state index < -0.39 is 23.6 Å². The Labute approximate surface area is 99.0 Å². The maximum Gasteiger partial charge on any atom is 0.241 e. The summed E-state index contributed by atoms with van der Waals surface area (Å²) in [7, 11) is 0. The van der Waals surface area contributed by atoms with E-state index in [0.29, 0.717) is 6.42 Å². The van der Waals surface area contributed by atoms with E-state index in [1.165, 1.54) is 6.92 Å². The van der Waals surface area contributed by atoms with Gasteiger partial charge < -0.3 is 11.1 Å². The van der Waals surface area contributed by atoms with Gasteiger partial charge in [0.1, 0.15) is 11.6 Å². The maximum atomic E-state index is 13.4. The molecule has 1 atom stereocenters. The fourth-order valence-corrected chi connectivity index (χ4v) is 1.41. The van der Waals surface area contributed by atoms with Crippen molar-refractivity contribution in [1.29, 1.82) is 0 Å². The largest absolute Gasteiger partial charge is 0.322 e. The lowest BCUT2D eigenvalue weighted by Gasteiger charge is -2.12. The molecule has 0 radical (unpaired) electrons. The van der Waals surface area contributed by atoms with Crippen LogP contribution in [0.4, 0.5) is 14.5 Å². The molecular weight excluding hydrogens is 226 g/mol.